The van der Waals surface area contributed by atoms with Crippen LogP contribution >= 0.6 is 23.6 Å². The van der Waals surface area contributed by atoms with E-state index in [-0.39, 0.29) is 5.69 Å². The van der Waals surface area contributed by atoms with Crippen molar-refractivity contribution in [1.29, 1.82) is 0 Å². The molecule has 0 bridgehead atoms. The SMILES string of the molecule is CCC(C)Cc1ccc(C#Cc2ccc(N=C=S)c(F)c2)s1. The first-order valence-corrected chi connectivity index (χ1v) is 8.33. The van der Waals surface area contributed by atoms with Crippen LogP contribution in [0.3, 0.4) is 0 Å². The van der Waals surface area contributed by atoms with E-state index >= 15 is 0 Å². The first-order valence-electron chi connectivity index (χ1n) is 7.10. The summed E-state index contributed by atoms with van der Waals surface area (Å²) in [5.41, 5.74) is 0.810. The second kappa shape index (κ2) is 8.00. The summed E-state index contributed by atoms with van der Waals surface area (Å²) < 4.78 is 13.7. The molecule has 2 aromatic rings. The van der Waals surface area contributed by atoms with Crippen LogP contribution in [0.5, 0.6) is 0 Å². The molecule has 1 atom stereocenters. The Kier molecular flexibility index (Phi) is 6.03. The summed E-state index contributed by atoms with van der Waals surface area (Å²) in [6.07, 6.45) is 2.26. The van der Waals surface area contributed by atoms with Crippen molar-refractivity contribution in [3.8, 4) is 11.8 Å². The Morgan fingerprint density at radius 3 is 2.77 bits per heavy atom. The molecule has 1 unspecified atom stereocenters. The summed E-state index contributed by atoms with van der Waals surface area (Å²) in [4.78, 5) is 5.99. The van der Waals surface area contributed by atoms with Gasteiger partial charge in [-0.3, -0.25) is 0 Å². The van der Waals surface area contributed by atoms with Gasteiger partial charge in [0.05, 0.1) is 10.0 Å². The second-order valence-electron chi connectivity index (χ2n) is 5.10. The van der Waals surface area contributed by atoms with E-state index < -0.39 is 5.82 Å². The zero-order valence-corrected chi connectivity index (χ0v) is 14.2. The fraction of sp³-hybridized carbons (Fsp3) is 0.278. The molecule has 0 aliphatic carbocycles. The summed E-state index contributed by atoms with van der Waals surface area (Å²) in [6.45, 7) is 4.45. The normalized spacial score (nSPS) is 11.2. The molecule has 0 aliphatic heterocycles. The first-order chi connectivity index (χ1) is 10.6. The molecule has 1 aromatic carbocycles. The van der Waals surface area contributed by atoms with E-state index in [1.54, 1.807) is 23.5 Å². The van der Waals surface area contributed by atoms with Crippen LogP contribution in [-0.2, 0) is 6.42 Å². The maximum Gasteiger partial charge on any atom is 0.150 e. The van der Waals surface area contributed by atoms with Crippen molar-refractivity contribution in [2.45, 2.75) is 26.7 Å². The maximum absolute atomic E-state index is 13.7. The zero-order valence-electron chi connectivity index (χ0n) is 12.5. The van der Waals surface area contributed by atoms with Crippen molar-refractivity contribution in [3.63, 3.8) is 0 Å². The zero-order chi connectivity index (χ0) is 15.9. The molecule has 22 heavy (non-hydrogen) atoms. The van der Waals surface area contributed by atoms with Crippen LogP contribution in [0.15, 0.2) is 35.3 Å². The van der Waals surface area contributed by atoms with Crippen LogP contribution in [0.2, 0.25) is 0 Å². The highest BCUT2D eigenvalue weighted by atomic mass is 32.1. The Morgan fingerprint density at radius 1 is 1.27 bits per heavy atom. The lowest BCUT2D eigenvalue weighted by molar-refractivity contribution is 0.565. The van der Waals surface area contributed by atoms with E-state index in [0.29, 0.717) is 11.5 Å². The van der Waals surface area contributed by atoms with E-state index in [0.717, 1.165) is 11.3 Å². The Labute approximate surface area is 139 Å². The average molecular weight is 329 g/mol. The molecule has 4 heteroatoms. The molecule has 0 N–H and O–H groups in total. The van der Waals surface area contributed by atoms with Crippen LogP contribution in [0.25, 0.3) is 0 Å². The van der Waals surface area contributed by atoms with Crippen molar-refractivity contribution in [2.24, 2.45) is 10.9 Å². The van der Waals surface area contributed by atoms with Gasteiger partial charge in [-0.2, -0.15) is 4.99 Å². The number of benzene rings is 1. The fourth-order valence-corrected chi connectivity index (χ4v) is 3.02. The third-order valence-corrected chi connectivity index (χ3v) is 4.47. The molecule has 0 saturated carbocycles. The van der Waals surface area contributed by atoms with Gasteiger partial charge in [0.1, 0.15) is 5.69 Å². The van der Waals surface area contributed by atoms with Gasteiger partial charge in [0.2, 0.25) is 0 Å². The highest BCUT2D eigenvalue weighted by molar-refractivity contribution is 7.78. The number of halogens is 1. The molecular weight excluding hydrogens is 313 g/mol. The van der Waals surface area contributed by atoms with Crippen LogP contribution < -0.4 is 0 Å². The van der Waals surface area contributed by atoms with E-state index in [1.165, 1.54) is 17.4 Å². The van der Waals surface area contributed by atoms with Gasteiger partial charge in [-0.05, 0) is 54.9 Å². The molecule has 0 radical (unpaired) electrons. The van der Waals surface area contributed by atoms with Gasteiger partial charge in [-0.15, -0.1) is 11.3 Å². The summed E-state index contributed by atoms with van der Waals surface area (Å²) in [6, 6.07) is 8.80. The molecule has 0 amide bonds. The van der Waals surface area contributed by atoms with Gasteiger partial charge in [0.15, 0.2) is 5.82 Å². The molecular formula is C18H16FNS2. The van der Waals surface area contributed by atoms with E-state index in [9.17, 15) is 4.39 Å². The first kappa shape index (κ1) is 16.6. The van der Waals surface area contributed by atoms with Crippen LogP contribution in [-0.4, -0.2) is 5.16 Å². The number of thiocarbonyl (C=S) groups is 1. The number of hydrogen-bond donors (Lipinski definition) is 0. The van der Waals surface area contributed by atoms with E-state index in [2.05, 4.69) is 54.1 Å². The molecule has 1 nitrogen and oxygen atoms in total. The van der Waals surface area contributed by atoms with Gasteiger partial charge >= 0.3 is 0 Å². The van der Waals surface area contributed by atoms with Crippen LogP contribution in [0, 0.1) is 23.6 Å². The van der Waals surface area contributed by atoms with E-state index in [4.69, 9.17) is 0 Å². The Morgan fingerprint density at radius 2 is 2.09 bits per heavy atom. The number of rotatable bonds is 4. The van der Waals surface area contributed by atoms with Crippen molar-refractivity contribution in [1.82, 2.24) is 0 Å². The number of isothiocyanates is 1. The molecule has 1 heterocycles. The minimum Gasteiger partial charge on any atom is -0.205 e. The largest absolute Gasteiger partial charge is 0.205 e. The quantitative estimate of drug-likeness (QED) is 0.403. The monoisotopic (exact) mass is 329 g/mol. The summed E-state index contributed by atoms with van der Waals surface area (Å²) >= 11 is 6.17. The van der Waals surface area contributed by atoms with E-state index in [1.807, 2.05) is 6.07 Å². The Bertz CT molecular complexity index is 761. The fourth-order valence-electron chi connectivity index (χ4n) is 1.90. The van der Waals surface area contributed by atoms with Gasteiger partial charge in [0, 0.05) is 10.4 Å². The van der Waals surface area contributed by atoms with Crippen LogP contribution in [0.4, 0.5) is 10.1 Å². The molecule has 112 valence electrons. The van der Waals surface area contributed by atoms with Crippen molar-refractivity contribution >= 4 is 34.4 Å². The standard InChI is InChI=1S/C18H16FNS2/c1-3-13(2)10-16-8-7-15(22-16)6-4-14-5-9-18(20-12-21)17(19)11-14/h5,7-9,11,13H,3,10H2,1-2H3. The molecule has 0 saturated heterocycles. The van der Waals surface area contributed by atoms with Crippen molar-refractivity contribution in [2.75, 3.05) is 0 Å². The molecule has 2 rings (SSSR count). The molecule has 0 spiro atoms. The maximum atomic E-state index is 13.7. The van der Waals surface area contributed by atoms with Gasteiger partial charge in [-0.1, -0.05) is 32.1 Å². The smallest absolute Gasteiger partial charge is 0.150 e. The van der Waals surface area contributed by atoms with Crippen molar-refractivity contribution < 1.29 is 4.39 Å². The average Bonchev–Trinajstić information content (AvgIpc) is 2.95. The summed E-state index contributed by atoms with van der Waals surface area (Å²) in [5, 5.41) is 2.16. The lowest BCUT2D eigenvalue weighted by Gasteiger charge is -2.04. The third kappa shape index (κ3) is 4.61. The van der Waals surface area contributed by atoms with Gasteiger partial charge in [-0.25, -0.2) is 4.39 Å². The number of nitrogens with zero attached hydrogens (tertiary/aromatic N) is 1. The second-order valence-corrected chi connectivity index (χ2v) is 6.45. The molecule has 0 fully saturated rings. The lowest BCUT2D eigenvalue weighted by atomic mass is 10.0. The lowest BCUT2D eigenvalue weighted by Crippen LogP contribution is -1.94. The molecule has 0 aliphatic rings. The topological polar surface area (TPSA) is 12.4 Å². The third-order valence-electron chi connectivity index (χ3n) is 3.35. The summed E-state index contributed by atoms with van der Waals surface area (Å²) in [7, 11) is 0. The van der Waals surface area contributed by atoms with Crippen LogP contribution in [0.1, 0.15) is 35.6 Å². The Hall–Kier alpha value is -1.79. The number of thiophene rings is 1. The van der Waals surface area contributed by atoms with Gasteiger partial charge < -0.3 is 0 Å². The minimum atomic E-state index is -0.437. The highest BCUT2D eigenvalue weighted by Gasteiger charge is 2.04. The van der Waals surface area contributed by atoms with Crippen molar-refractivity contribution in [3.05, 3.63) is 51.5 Å². The summed E-state index contributed by atoms with van der Waals surface area (Å²) in [5.74, 6) is 6.32. The minimum absolute atomic E-state index is 0.188. The number of aliphatic imine (C=N–C) groups is 1. The predicted molar refractivity (Wildman–Crippen MR) is 94.5 cm³/mol. The molecule has 1 aromatic heterocycles. The Balaban J connectivity index is 2.13. The highest BCUT2D eigenvalue weighted by Crippen LogP contribution is 2.21. The predicted octanol–water partition coefficient (Wildman–Crippen LogP) is 5.61. The number of hydrogen-bond acceptors (Lipinski definition) is 3. The van der Waals surface area contributed by atoms with Gasteiger partial charge in [0.25, 0.3) is 0 Å².